The van der Waals surface area contributed by atoms with E-state index in [1.807, 2.05) is 20.8 Å². The summed E-state index contributed by atoms with van der Waals surface area (Å²) in [6.07, 6.45) is -0.662. The van der Waals surface area contributed by atoms with Gasteiger partial charge >= 0.3 is 5.97 Å². The summed E-state index contributed by atoms with van der Waals surface area (Å²) < 4.78 is 4.53. The molecule has 0 bridgehead atoms. The Hall–Kier alpha value is -0.570. The van der Waals surface area contributed by atoms with Gasteiger partial charge in [-0.2, -0.15) is 0 Å². The van der Waals surface area contributed by atoms with E-state index in [0.29, 0.717) is 0 Å². The van der Waals surface area contributed by atoms with Gasteiger partial charge in [0.15, 0.2) is 0 Å². The molecule has 2 unspecified atom stereocenters. The molecule has 0 aromatic carbocycles. The molecule has 0 aliphatic rings. The van der Waals surface area contributed by atoms with Gasteiger partial charge in [-0.05, 0) is 12.3 Å². The topological polar surface area (TPSA) is 46.5 Å². The van der Waals surface area contributed by atoms with E-state index in [1.54, 1.807) is 6.92 Å². The van der Waals surface area contributed by atoms with Gasteiger partial charge in [-0.25, -0.2) is 0 Å². The molecular weight excluding hydrogens is 156 g/mol. The van der Waals surface area contributed by atoms with Gasteiger partial charge in [-0.3, -0.25) is 4.79 Å². The fraction of sp³-hybridized carbons (Fsp3) is 0.889. The van der Waals surface area contributed by atoms with Crippen molar-refractivity contribution in [3.8, 4) is 0 Å². The number of ether oxygens (including phenoxy) is 1. The van der Waals surface area contributed by atoms with Crippen LogP contribution in [0.4, 0.5) is 0 Å². The first-order valence-electron chi connectivity index (χ1n) is 4.06. The molecule has 0 aliphatic carbocycles. The van der Waals surface area contributed by atoms with Crippen LogP contribution in [0.15, 0.2) is 0 Å². The van der Waals surface area contributed by atoms with Crippen LogP contribution in [0.1, 0.15) is 27.7 Å². The minimum Gasteiger partial charge on any atom is -0.469 e. The lowest BCUT2D eigenvalue weighted by molar-refractivity contribution is -0.151. The molecule has 72 valence electrons. The van der Waals surface area contributed by atoms with E-state index in [0.717, 1.165) is 0 Å². The first kappa shape index (κ1) is 11.4. The van der Waals surface area contributed by atoms with Crippen LogP contribution in [0, 0.1) is 11.3 Å². The third kappa shape index (κ3) is 2.81. The summed E-state index contributed by atoms with van der Waals surface area (Å²) in [5.41, 5.74) is -0.284. The van der Waals surface area contributed by atoms with Crippen molar-refractivity contribution >= 4 is 5.97 Å². The summed E-state index contributed by atoms with van der Waals surface area (Å²) in [6.45, 7) is 7.33. The zero-order valence-corrected chi connectivity index (χ0v) is 8.42. The maximum Gasteiger partial charge on any atom is 0.311 e. The van der Waals surface area contributed by atoms with Crippen LogP contribution >= 0.6 is 0 Å². The number of carbonyl (C=O) groups is 1. The molecule has 0 aromatic rings. The molecule has 0 spiro atoms. The van der Waals surface area contributed by atoms with Crippen molar-refractivity contribution in [2.24, 2.45) is 11.3 Å². The van der Waals surface area contributed by atoms with Crippen molar-refractivity contribution in [3.63, 3.8) is 0 Å². The van der Waals surface area contributed by atoms with E-state index in [1.165, 1.54) is 7.11 Å². The van der Waals surface area contributed by atoms with Gasteiger partial charge in [-0.1, -0.05) is 20.8 Å². The highest BCUT2D eigenvalue weighted by Crippen LogP contribution is 2.25. The summed E-state index contributed by atoms with van der Waals surface area (Å²) in [5, 5.41) is 9.65. The monoisotopic (exact) mass is 174 g/mol. The molecule has 0 aliphatic heterocycles. The molecule has 3 heteroatoms. The number of rotatable bonds is 2. The lowest BCUT2D eigenvalue weighted by Gasteiger charge is -2.29. The number of esters is 1. The highest BCUT2D eigenvalue weighted by atomic mass is 16.5. The van der Waals surface area contributed by atoms with Crippen LogP contribution in [0.5, 0.6) is 0 Å². The zero-order valence-electron chi connectivity index (χ0n) is 8.42. The fourth-order valence-electron chi connectivity index (χ4n) is 1.06. The van der Waals surface area contributed by atoms with Crippen molar-refractivity contribution in [1.29, 1.82) is 0 Å². The van der Waals surface area contributed by atoms with Crippen molar-refractivity contribution in [1.82, 2.24) is 0 Å². The quantitative estimate of drug-likeness (QED) is 0.640. The lowest BCUT2D eigenvalue weighted by Crippen LogP contribution is -2.37. The van der Waals surface area contributed by atoms with Crippen LogP contribution in [0.25, 0.3) is 0 Å². The number of aliphatic hydroxyl groups excluding tert-OH is 1. The lowest BCUT2D eigenvalue weighted by atomic mass is 9.82. The minimum atomic E-state index is -0.662. The van der Waals surface area contributed by atoms with E-state index in [-0.39, 0.29) is 11.4 Å². The summed E-state index contributed by atoms with van der Waals surface area (Å²) in [4.78, 5) is 11.0. The maximum atomic E-state index is 11.0. The first-order valence-corrected chi connectivity index (χ1v) is 4.06. The smallest absolute Gasteiger partial charge is 0.311 e. The Balaban J connectivity index is 4.29. The molecule has 3 nitrogen and oxygen atoms in total. The average Bonchev–Trinajstić information content (AvgIpc) is 1.98. The second kappa shape index (κ2) is 3.90. The third-order valence-corrected chi connectivity index (χ3v) is 1.93. The Kier molecular flexibility index (Phi) is 3.71. The zero-order chi connectivity index (χ0) is 9.94. The van der Waals surface area contributed by atoms with E-state index in [9.17, 15) is 9.90 Å². The second-order valence-electron chi connectivity index (χ2n) is 4.12. The minimum absolute atomic E-state index is 0.284. The number of carbonyl (C=O) groups excluding carboxylic acids is 1. The average molecular weight is 174 g/mol. The van der Waals surface area contributed by atoms with E-state index >= 15 is 0 Å². The molecule has 0 fully saturated rings. The molecular formula is C9H18O3. The standard InChI is InChI=1S/C9H18O3/c1-6(8(11)12-5)7(10)9(2,3)4/h6-7,10H,1-5H3. The van der Waals surface area contributed by atoms with Crippen LogP contribution in [0.3, 0.4) is 0 Å². The molecule has 0 saturated carbocycles. The highest BCUT2D eigenvalue weighted by Gasteiger charge is 2.32. The number of hydrogen-bond acceptors (Lipinski definition) is 3. The van der Waals surface area contributed by atoms with E-state index in [4.69, 9.17) is 0 Å². The summed E-state index contributed by atoms with van der Waals surface area (Å²) in [6, 6.07) is 0. The number of aliphatic hydroxyl groups is 1. The first-order chi connectivity index (χ1) is 5.30. The van der Waals surface area contributed by atoms with Gasteiger partial charge < -0.3 is 9.84 Å². The third-order valence-electron chi connectivity index (χ3n) is 1.93. The van der Waals surface area contributed by atoms with Crippen LogP contribution in [0.2, 0.25) is 0 Å². The Morgan fingerprint density at radius 3 is 2.08 bits per heavy atom. The summed E-state index contributed by atoms with van der Waals surface area (Å²) in [5.74, 6) is -0.826. The van der Waals surface area contributed by atoms with Crippen molar-refractivity contribution in [3.05, 3.63) is 0 Å². The predicted octanol–water partition coefficient (Wildman–Crippen LogP) is 1.20. The Morgan fingerprint density at radius 1 is 1.42 bits per heavy atom. The Morgan fingerprint density at radius 2 is 1.83 bits per heavy atom. The van der Waals surface area contributed by atoms with Crippen LogP contribution < -0.4 is 0 Å². The summed E-state index contributed by atoms with van der Waals surface area (Å²) >= 11 is 0. The van der Waals surface area contributed by atoms with E-state index < -0.39 is 12.0 Å². The molecule has 12 heavy (non-hydrogen) atoms. The van der Waals surface area contributed by atoms with Gasteiger partial charge in [0, 0.05) is 0 Å². The predicted molar refractivity (Wildman–Crippen MR) is 46.6 cm³/mol. The Bertz CT molecular complexity index is 158. The molecule has 0 saturated heterocycles. The van der Waals surface area contributed by atoms with Crippen molar-refractivity contribution in [2.45, 2.75) is 33.8 Å². The molecule has 0 rings (SSSR count). The molecule has 0 radical (unpaired) electrons. The normalized spacial score (nSPS) is 16.8. The van der Waals surface area contributed by atoms with Gasteiger partial charge in [0.2, 0.25) is 0 Å². The largest absolute Gasteiger partial charge is 0.469 e. The second-order valence-corrected chi connectivity index (χ2v) is 4.12. The number of hydrogen-bond donors (Lipinski definition) is 1. The van der Waals surface area contributed by atoms with Gasteiger partial charge in [-0.15, -0.1) is 0 Å². The molecule has 1 N–H and O–H groups in total. The van der Waals surface area contributed by atoms with Gasteiger partial charge in [0.1, 0.15) is 0 Å². The highest BCUT2D eigenvalue weighted by molar-refractivity contribution is 5.72. The molecule has 2 atom stereocenters. The van der Waals surface area contributed by atoms with Gasteiger partial charge in [0.05, 0.1) is 19.1 Å². The SMILES string of the molecule is COC(=O)C(C)C(O)C(C)(C)C. The summed E-state index contributed by atoms with van der Waals surface area (Å²) in [7, 11) is 1.33. The molecule has 0 amide bonds. The van der Waals surface area contributed by atoms with Crippen molar-refractivity contribution in [2.75, 3.05) is 7.11 Å². The molecule has 0 heterocycles. The maximum absolute atomic E-state index is 11.0. The van der Waals surface area contributed by atoms with Crippen LogP contribution in [-0.2, 0) is 9.53 Å². The number of methoxy groups -OCH3 is 1. The van der Waals surface area contributed by atoms with Crippen molar-refractivity contribution < 1.29 is 14.6 Å². The Labute approximate surface area is 73.7 Å². The van der Waals surface area contributed by atoms with Crippen LogP contribution in [-0.4, -0.2) is 24.3 Å². The molecule has 0 aromatic heterocycles. The van der Waals surface area contributed by atoms with Gasteiger partial charge in [0.25, 0.3) is 0 Å². The van der Waals surface area contributed by atoms with E-state index in [2.05, 4.69) is 4.74 Å². The fourth-order valence-corrected chi connectivity index (χ4v) is 1.06.